The Hall–Kier alpha value is -1.52. The molecule has 0 spiro atoms. The first-order valence-electron chi connectivity index (χ1n) is 6.66. The van der Waals surface area contributed by atoms with Crippen LogP contribution in [-0.2, 0) is 6.54 Å². The number of hydrogen-bond donors (Lipinski definition) is 2. The van der Waals surface area contributed by atoms with Crippen molar-refractivity contribution in [1.29, 1.82) is 0 Å². The molecule has 1 aliphatic carbocycles. The highest BCUT2D eigenvalue weighted by Gasteiger charge is 2.19. The summed E-state index contributed by atoms with van der Waals surface area (Å²) >= 11 is 0. The summed E-state index contributed by atoms with van der Waals surface area (Å²) in [5.74, 6) is 1.72. The number of nitrogens with two attached hydrogens (primary N) is 1. The third kappa shape index (κ3) is 3.03. The number of aromatic amines is 1. The first kappa shape index (κ1) is 12.9. The molecule has 1 aliphatic rings. The van der Waals surface area contributed by atoms with Crippen LogP contribution in [0.25, 0.3) is 0 Å². The van der Waals surface area contributed by atoms with Gasteiger partial charge in [0.05, 0.1) is 0 Å². The molecule has 2 unspecified atom stereocenters. The molecule has 0 bridgehead atoms. The summed E-state index contributed by atoms with van der Waals surface area (Å²) in [6.45, 7) is 2.88. The van der Waals surface area contributed by atoms with Crippen LogP contribution in [0.5, 0.6) is 0 Å². The molecule has 5 nitrogen and oxygen atoms in total. The second-order valence-electron chi connectivity index (χ2n) is 5.44. The lowest BCUT2D eigenvalue weighted by molar-refractivity contribution is 0.260. The van der Waals surface area contributed by atoms with Crippen molar-refractivity contribution >= 4 is 5.82 Å². The number of anilines is 1. The third-order valence-corrected chi connectivity index (χ3v) is 3.87. The van der Waals surface area contributed by atoms with Crippen molar-refractivity contribution in [3.8, 4) is 0 Å². The van der Waals surface area contributed by atoms with Crippen molar-refractivity contribution in [1.82, 2.24) is 9.55 Å². The van der Waals surface area contributed by atoms with Crippen molar-refractivity contribution in [2.45, 2.75) is 45.6 Å². The average Bonchev–Trinajstić information content (AvgIpc) is 2.27. The second-order valence-corrected chi connectivity index (χ2v) is 5.44. The lowest BCUT2D eigenvalue weighted by Gasteiger charge is -2.26. The molecule has 2 atom stereocenters. The topological polar surface area (TPSA) is 80.9 Å². The molecule has 5 heteroatoms. The maximum absolute atomic E-state index is 11.6. The minimum atomic E-state index is -0.431. The summed E-state index contributed by atoms with van der Waals surface area (Å²) in [4.78, 5) is 24.9. The van der Waals surface area contributed by atoms with Crippen molar-refractivity contribution in [2.24, 2.45) is 11.8 Å². The van der Waals surface area contributed by atoms with E-state index in [2.05, 4.69) is 11.9 Å². The maximum Gasteiger partial charge on any atom is 0.329 e. The lowest BCUT2D eigenvalue weighted by Crippen LogP contribution is -2.32. The maximum atomic E-state index is 11.6. The standard InChI is InChI=1S/C13H21N3O2/c1-9-3-2-4-10(7-9)5-6-16-11(14)8-12(17)15-13(16)18/h8-10H,2-7,14H2,1H3,(H,15,17,18). The van der Waals surface area contributed by atoms with E-state index in [-0.39, 0.29) is 5.82 Å². The van der Waals surface area contributed by atoms with Crippen LogP contribution in [0.2, 0.25) is 0 Å². The van der Waals surface area contributed by atoms with Crippen LogP contribution in [0, 0.1) is 11.8 Å². The van der Waals surface area contributed by atoms with Gasteiger partial charge in [-0.3, -0.25) is 14.3 Å². The Labute approximate surface area is 106 Å². The zero-order valence-electron chi connectivity index (χ0n) is 10.8. The molecule has 0 aromatic carbocycles. The molecule has 1 aromatic heterocycles. The summed E-state index contributed by atoms with van der Waals surface area (Å²) in [6, 6.07) is 1.27. The van der Waals surface area contributed by atoms with Gasteiger partial charge in [0.1, 0.15) is 5.82 Å². The van der Waals surface area contributed by atoms with Crippen LogP contribution < -0.4 is 17.0 Å². The number of rotatable bonds is 3. The number of nitrogens with one attached hydrogen (secondary N) is 1. The van der Waals surface area contributed by atoms with E-state index in [1.165, 1.54) is 36.3 Å². The number of H-pyrrole nitrogens is 1. The van der Waals surface area contributed by atoms with Gasteiger partial charge in [-0.15, -0.1) is 0 Å². The quantitative estimate of drug-likeness (QED) is 0.850. The molecule has 1 saturated carbocycles. The second kappa shape index (κ2) is 5.42. The summed E-state index contributed by atoms with van der Waals surface area (Å²) < 4.78 is 1.46. The fourth-order valence-corrected chi connectivity index (χ4v) is 2.90. The van der Waals surface area contributed by atoms with Gasteiger partial charge in [0.2, 0.25) is 0 Å². The van der Waals surface area contributed by atoms with Crippen LogP contribution in [0.4, 0.5) is 5.82 Å². The number of aromatic nitrogens is 2. The van der Waals surface area contributed by atoms with Crippen LogP contribution >= 0.6 is 0 Å². The smallest absolute Gasteiger partial charge is 0.329 e. The molecule has 0 saturated heterocycles. The Bertz CT molecular complexity index is 518. The Kier molecular flexibility index (Phi) is 3.89. The van der Waals surface area contributed by atoms with Gasteiger partial charge >= 0.3 is 5.69 Å². The van der Waals surface area contributed by atoms with Gasteiger partial charge in [-0.05, 0) is 24.7 Å². The minimum Gasteiger partial charge on any atom is -0.385 e. The summed E-state index contributed by atoms with van der Waals surface area (Å²) in [5, 5.41) is 0. The van der Waals surface area contributed by atoms with Crippen molar-refractivity contribution in [3.63, 3.8) is 0 Å². The molecule has 1 fully saturated rings. The van der Waals surface area contributed by atoms with Gasteiger partial charge < -0.3 is 5.73 Å². The Morgan fingerprint density at radius 3 is 2.89 bits per heavy atom. The molecule has 1 heterocycles. The van der Waals surface area contributed by atoms with E-state index in [0.29, 0.717) is 12.5 Å². The number of nitrogen functional groups attached to an aromatic ring is 1. The van der Waals surface area contributed by atoms with Crippen molar-refractivity contribution < 1.29 is 0 Å². The predicted molar refractivity (Wildman–Crippen MR) is 71.5 cm³/mol. The largest absolute Gasteiger partial charge is 0.385 e. The molecule has 18 heavy (non-hydrogen) atoms. The first-order valence-corrected chi connectivity index (χ1v) is 6.66. The van der Waals surface area contributed by atoms with E-state index in [1.807, 2.05) is 0 Å². The Balaban J connectivity index is 2.02. The Morgan fingerprint density at radius 2 is 2.22 bits per heavy atom. The van der Waals surface area contributed by atoms with Crippen molar-refractivity contribution in [2.75, 3.05) is 5.73 Å². The highest BCUT2D eigenvalue weighted by Crippen LogP contribution is 2.30. The zero-order valence-corrected chi connectivity index (χ0v) is 10.8. The fourth-order valence-electron chi connectivity index (χ4n) is 2.90. The minimum absolute atomic E-state index is 0.257. The molecule has 0 amide bonds. The highest BCUT2D eigenvalue weighted by molar-refractivity contribution is 5.25. The van der Waals surface area contributed by atoms with E-state index in [0.717, 1.165) is 12.3 Å². The van der Waals surface area contributed by atoms with Crippen molar-refractivity contribution in [3.05, 3.63) is 26.9 Å². The van der Waals surface area contributed by atoms with E-state index >= 15 is 0 Å². The zero-order chi connectivity index (χ0) is 13.1. The molecule has 0 radical (unpaired) electrons. The van der Waals surface area contributed by atoms with Crippen LogP contribution in [0.3, 0.4) is 0 Å². The lowest BCUT2D eigenvalue weighted by atomic mass is 9.81. The van der Waals surface area contributed by atoms with Gasteiger partial charge in [-0.25, -0.2) is 4.79 Å². The third-order valence-electron chi connectivity index (χ3n) is 3.87. The SMILES string of the molecule is CC1CCCC(CCn2c(N)cc(=O)[nH]c2=O)C1. The Morgan fingerprint density at radius 1 is 1.44 bits per heavy atom. The monoisotopic (exact) mass is 251 g/mol. The van der Waals surface area contributed by atoms with Crippen LogP contribution in [-0.4, -0.2) is 9.55 Å². The molecule has 1 aromatic rings. The fraction of sp³-hybridized carbons (Fsp3) is 0.692. The van der Waals surface area contributed by atoms with E-state index in [1.54, 1.807) is 0 Å². The molecular formula is C13H21N3O2. The number of nitrogens with zero attached hydrogens (tertiary/aromatic N) is 1. The molecule has 0 aliphatic heterocycles. The molecule has 100 valence electrons. The molecule has 2 rings (SSSR count). The van der Waals surface area contributed by atoms with E-state index in [9.17, 15) is 9.59 Å². The van der Waals surface area contributed by atoms with Gasteiger partial charge in [-0.1, -0.05) is 26.2 Å². The number of hydrogen-bond acceptors (Lipinski definition) is 3. The van der Waals surface area contributed by atoms with Gasteiger partial charge in [0.15, 0.2) is 0 Å². The first-order chi connectivity index (χ1) is 8.56. The van der Waals surface area contributed by atoms with Crippen LogP contribution in [0.1, 0.15) is 39.0 Å². The molecular weight excluding hydrogens is 230 g/mol. The predicted octanol–water partition coefficient (Wildman–Crippen LogP) is 1.34. The summed E-state index contributed by atoms with van der Waals surface area (Å²) in [7, 11) is 0. The highest BCUT2D eigenvalue weighted by atomic mass is 16.2. The van der Waals surface area contributed by atoms with E-state index in [4.69, 9.17) is 5.73 Å². The molecule has 3 N–H and O–H groups in total. The summed E-state index contributed by atoms with van der Waals surface area (Å²) in [5.41, 5.74) is 4.88. The normalized spacial score (nSPS) is 24.1. The van der Waals surface area contributed by atoms with Crippen LogP contribution in [0.15, 0.2) is 15.7 Å². The van der Waals surface area contributed by atoms with Gasteiger partial charge in [0, 0.05) is 12.6 Å². The van der Waals surface area contributed by atoms with Gasteiger partial charge in [0.25, 0.3) is 5.56 Å². The van der Waals surface area contributed by atoms with Gasteiger partial charge in [-0.2, -0.15) is 0 Å². The van der Waals surface area contributed by atoms with E-state index < -0.39 is 11.2 Å². The average molecular weight is 251 g/mol. The summed E-state index contributed by atoms with van der Waals surface area (Å²) in [6.07, 6.45) is 6.03.